The van der Waals surface area contributed by atoms with Crippen molar-refractivity contribution < 1.29 is 13.9 Å². The van der Waals surface area contributed by atoms with Crippen molar-refractivity contribution in [2.75, 3.05) is 12.9 Å². The number of hydrazone groups is 1. The first-order chi connectivity index (χ1) is 19.6. The minimum absolute atomic E-state index is 0.0947. The van der Waals surface area contributed by atoms with Gasteiger partial charge < -0.3 is 9.30 Å². The number of hydrogen-bond donors (Lipinski definition) is 0. The number of hydrogen-bond acceptors (Lipinski definition) is 4. The topological polar surface area (TPSA) is 46.8 Å². The van der Waals surface area contributed by atoms with Crippen molar-refractivity contribution in [3.63, 3.8) is 0 Å². The van der Waals surface area contributed by atoms with E-state index in [-0.39, 0.29) is 23.5 Å². The lowest BCUT2D eigenvalue weighted by Gasteiger charge is -2.22. The van der Waals surface area contributed by atoms with Gasteiger partial charge in [-0.1, -0.05) is 60.7 Å². The van der Waals surface area contributed by atoms with Crippen LogP contribution >= 0.6 is 11.8 Å². The Kier molecular flexibility index (Phi) is 7.38. The Bertz CT molecular complexity index is 1660. The molecule has 0 aliphatic carbocycles. The molecule has 5 nitrogen and oxygen atoms in total. The molecule has 0 fully saturated rings. The normalized spacial score (nSPS) is 14.9. The molecular formula is C33H28FN3O2S. The highest BCUT2D eigenvalue weighted by Gasteiger charge is 2.33. The quantitative estimate of drug-likeness (QED) is 0.191. The van der Waals surface area contributed by atoms with Crippen molar-refractivity contribution in [1.82, 2.24) is 9.58 Å². The smallest absolute Gasteiger partial charge is 0.253 e. The molecule has 1 atom stereocenters. The maximum atomic E-state index is 13.7. The number of halogens is 1. The third-order valence-corrected chi connectivity index (χ3v) is 8.17. The summed E-state index contributed by atoms with van der Waals surface area (Å²) in [4.78, 5) is 14.7. The van der Waals surface area contributed by atoms with E-state index in [0.717, 1.165) is 44.9 Å². The molecule has 6 rings (SSSR count). The van der Waals surface area contributed by atoms with E-state index in [1.807, 2.05) is 54.6 Å². The zero-order chi connectivity index (χ0) is 27.5. The van der Waals surface area contributed by atoms with Crippen LogP contribution in [0.3, 0.4) is 0 Å². The second kappa shape index (κ2) is 11.4. The van der Waals surface area contributed by atoms with Crippen molar-refractivity contribution in [3.05, 3.63) is 132 Å². The minimum Gasteiger partial charge on any atom is -0.497 e. The van der Waals surface area contributed by atoms with Crippen LogP contribution in [0.2, 0.25) is 0 Å². The van der Waals surface area contributed by atoms with Gasteiger partial charge in [0.2, 0.25) is 0 Å². The number of methoxy groups -OCH3 is 1. The van der Waals surface area contributed by atoms with Gasteiger partial charge in [0.1, 0.15) is 11.6 Å². The van der Waals surface area contributed by atoms with Crippen molar-refractivity contribution in [2.45, 2.75) is 23.9 Å². The van der Waals surface area contributed by atoms with Gasteiger partial charge >= 0.3 is 0 Å². The zero-order valence-electron chi connectivity index (χ0n) is 22.0. The van der Waals surface area contributed by atoms with Crippen LogP contribution in [0.15, 0.2) is 119 Å². The summed E-state index contributed by atoms with van der Waals surface area (Å²) in [6.07, 6.45) is 2.67. The Morgan fingerprint density at radius 2 is 1.68 bits per heavy atom. The lowest BCUT2D eigenvalue weighted by atomic mass is 9.98. The SMILES string of the molecule is COc1ccc(C2=NN(C(=O)CSc3cn(Cc4ccccc4)c4ccccc34)C(c3ccc(F)cc3)C2)cc1. The molecule has 1 amide bonds. The highest BCUT2D eigenvalue weighted by atomic mass is 32.2. The lowest BCUT2D eigenvalue weighted by molar-refractivity contribution is -0.130. The van der Waals surface area contributed by atoms with Gasteiger partial charge in [0.25, 0.3) is 5.91 Å². The predicted molar refractivity (Wildman–Crippen MR) is 158 cm³/mol. The number of ether oxygens (including phenoxy) is 1. The van der Waals surface area contributed by atoms with Crippen molar-refractivity contribution in [1.29, 1.82) is 0 Å². The molecule has 0 radical (unpaired) electrons. The van der Waals surface area contributed by atoms with Gasteiger partial charge in [-0.3, -0.25) is 4.79 Å². The van der Waals surface area contributed by atoms with Crippen LogP contribution in [0.4, 0.5) is 4.39 Å². The first-order valence-electron chi connectivity index (χ1n) is 13.1. The Hall–Kier alpha value is -4.36. The monoisotopic (exact) mass is 549 g/mol. The molecule has 40 heavy (non-hydrogen) atoms. The van der Waals surface area contributed by atoms with Gasteiger partial charge in [-0.25, -0.2) is 9.40 Å². The Morgan fingerprint density at radius 3 is 2.42 bits per heavy atom. The van der Waals surface area contributed by atoms with Gasteiger partial charge in [-0.2, -0.15) is 5.10 Å². The minimum atomic E-state index is -0.307. The van der Waals surface area contributed by atoms with E-state index in [0.29, 0.717) is 6.42 Å². The maximum Gasteiger partial charge on any atom is 0.253 e. The standard InChI is InChI=1S/C33H28FN3O2S/c1-39-27-17-13-24(14-18-27)29-19-31(25-11-15-26(34)16-12-25)37(35-29)33(38)22-40-32-21-36(20-23-7-3-2-4-8-23)30-10-6-5-9-28(30)32/h2-18,21,31H,19-20,22H2,1H3. The predicted octanol–water partition coefficient (Wildman–Crippen LogP) is 7.31. The highest BCUT2D eigenvalue weighted by molar-refractivity contribution is 8.00. The number of nitrogens with zero attached hydrogens (tertiary/aromatic N) is 3. The largest absolute Gasteiger partial charge is 0.497 e. The third kappa shape index (κ3) is 5.38. The van der Waals surface area contributed by atoms with Gasteiger partial charge in [-0.15, -0.1) is 11.8 Å². The second-order valence-corrected chi connectivity index (χ2v) is 10.7. The summed E-state index contributed by atoms with van der Waals surface area (Å²) in [5.74, 6) is 0.588. The third-order valence-electron chi connectivity index (χ3n) is 7.14. The molecule has 0 saturated heterocycles. The molecule has 1 aliphatic heterocycles. The van der Waals surface area contributed by atoms with Crippen molar-refractivity contribution in [3.8, 4) is 5.75 Å². The molecule has 200 valence electrons. The average Bonchev–Trinajstić information content (AvgIpc) is 3.59. The Labute approximate surface area is 236 Å². The van der Waals surface area contributed by atoms with E-state index in [2.05, 4.69) is 35.0 Å². The first-order valence-corrected chi connectivity index (χ1v) is 14.1. The fourth-order valence-corrected chi connectivity index (χ4v) is 6.03. The number of fused-ring (bicyclic) bond motifs is 1. The molecule has 4 aromatic carbocycles. The maximum absolute atomic E-state index is 13.7. The van der Waals surface area contributed by atoms with Gasteiger partial charge in [-0.05, 0) is 59.2 Å². The molecule has 0 N–H and O–H groups in total. The van der Waals surface area contributed by atoms with Crippen LogP contribution in [0.5, 0.6) is 5.75 Å². The number of carbonyl (C=O) groups is 1. The molecule has 1 aromatic heterocycles. The molecule has 1 unspecified atom stereocenters. The molecule has 0 saturated carbocycles. The van der Waals surface area contributed by atoms with E-state index in [9.17, 15) is 9.18 Å². The molecular weight excluding hydrogens is 521 g/mol. The summed E-state index contributed by atoms with van der Waals surface area (Å²) in [5, 5.41) is 7.47. The summed E-state index contributed by atoms with van der Waals surface area (Å²) >= 11 is 1.52. The fraction of sp³-hybridized carbons (Fsp3) is 0.152. The molecule has 7 heteroatoms. The van der Waals surface area contributed by atoms with Gasteiger partial charge in [0.15, 0.2) is 0 Å². The number of carbonyl (C=O) groups excluding carboxylic acids is 1. The second-order valence-electron chi connectivity index (χ2n) is 9.70. The summed E-state index contributed by atoms with van der Waals surface area (Å²) in [6, 6.07) is 32.3. The number of amides is 1. The van der Waals surface area contributed by atoms with Crippen LogP contribution in [-0.2, 0) is 11.3 Å². The lowest BCUT2D eigenvalue weighted by Crippen LogP contribution is -2.28. The van der Waals surface area contributed by atoms with E-state index in [1.165, 1.54) is 29.5 Å². The molecule has 1 aliphatic rings. The van der Waals surface area contributed by atoms with Crippen LogP contribution in [0, 0.1) is 5.82 Å². The van der Waals surface area contributed by atoms with Crippen LogP contribution < -0.4 is 4.74 Å². The van der Waals surface area contributed by atoms with Gasteiger partial charge in [0, 0.05) is 35.0 Å². The molecule has 0 bridgehead atoms. The summed E-state index contributed by atoms with van der Waals surface area (Å²) in [7, 11) is 1.63. The number of para-hydroxylation sites is 1. The Balaban J connectivity index is 1.25. The first kappa shape index (κ1) is 25.9. The van der Waals surface area contributed by atoms with E-state index < -0.39 is 0 Å². The number of rotatable bonds is 8. The molecule has 0 spiro atoms. The van der Waals surface area contributed by atoms with Crippen LogP contribution in [0.1, 0.15) is 29.2 Å². The summed E-state index contributed by atoms with van der Waals surface area (Å²) < 4.78 is 21.2. The fourth-order valence-electron chi connectivity index (χ4n) is 5.09. The zero-order valence-corrected chi connectivity index (χ0v) is 22.9. The van der Waals surface area contributed by atoms with Crippen molar-refractivity contribution in [2.24, 2.45) is 5.10 Å². The van der Waals surface area contributed by atoms with Crippen LogP contribution in [-0.4, -0.2) is 34.1 Å². The van der Waals surface area contributed by atoms with Crippen LogP contribution in [0.25, 0.3) is 10.9 Å². The van der Waals surface area contributed by atoms with E-state index in [4.69, 9.17) is 9.84 Å². The number of benzene rings is 4. The summed E-state index contributed by atoms with van der Waals surface area (Å²) in [6.45, 7) is 0.754. The molecule has 2 heterocycles. The number of thioether (sulfide) groups is 1. The van der Waals surface area contributed by atoms with Gasteiger partial charge in [0.05, 0.1) is 24.6 Å². The highest BCUT2D eigenvalue weighted by Crippen LogP contribution is 2.36. The van der Waals surface area contributed by atoms with Crippen molar-refractivity contribution >= 4 is 34.3 Å². The average molecular weight is 550 g/mol. The summed E-state index contributed by atoms with van der Waals surface area (Å²) in [5.41, 5.74) is 4.95. The Morgan fingerprint density at radius 1 is 0.950 bits per heavy atom. The van der Waals surface area contributed by atoms with E-state index >= 15 is 0 Å². The molecule has 5 aromatic rings. The number of aromatic nitrogens is 1. The van der Waals surface area contributed by atoms with E-state index in [1.54, 1.807) is 24.3 Å².